The highest BCUT2D eigenvalue weighted by Gasteiger charge is 2.11. The normalized spacial score (nSPS) is 10.4. The van der Waals surface area contributed by atoms with Crippen molar-refractivity contribution in [3.8, 4) is 11.5 Å². The summed E-state index contributed by atoms with van der Waals surface area (Å²) in [5, 5.41) is 3.81. The molecule has 0 radical (unpaired) electrons. The quantitative estimate of drug-likeness (QED) is 0.388. The second kappa shape index (κ2) is 13.6. The number of ether oxygens (including phenoxy) is 2. The van der Waals surface area contributed by atoms with Crippen molar-refractivity contribution < 1.29 is 13.9 Å². The zero-order valence-corrected chi connectivity index (χ0v) is 18.2. The van der Waals surface area contributed by atoms with E-state index in [0.29, 0.717) is 22.1 Å². The summed E-state index contributed by atoms with van der Waals surface area (Å²) in [4.78, 5) is 0. The van der Waals surface area contributed by atoms with E-state index in [1.54, 1.807) is 19.2 Å². The number of benzene rings is 2. The number of methoxy groups -OCH3 is 1. The molecule has 0 spiro atoms. The molecule has 2 aromatic carbocycles. The van der Waals surface area contributed by atoms with E-state index < -0.39 is 0 Å². The average Bonchev–Trinajstić information content (AvgIpc) is 2.67. The molecule has 0 aliphatic heterocycles. The van der Waals surface area contributed by atoms with Gasteiger partial charge in [-0.05, 0) is 42.8 Å². The van der Waals surface area contributed by atoms with Gasteiger partial charge in [0, 0.05) is 12.1 Å². The minimum atomic E-state index is -0.374. The van der Waals surface area contributed by atoms with Crippen LogP contribution in [0.15, 0.2) is 36.4 Å². The summed E-state index contributed by atoms with van der Waals surface area (Å²) < 4.78 is 25.0. The van der Waals surface area contributed by atoms with Crippen molar-refractivity contribution in [1.82, 2.24) is 5.32 Å². The van der Waals surface area contributed by atoms with Gasteiger partial charge < -0.3 is 14.8 Å². The van der Waals surface area contributed by atoms with E-state index in [9.17, 15) is 4.39 Å². The average molecular weight is 430 g/mol. The zero-order valence-electron chi connectivity index (χ0n) is 16.6. The van der Waals surface area contributed by atoms with Crippen molar-refractivity contribution in [3.05, 3.63) is 58.4 Å². The van der Waals surface area contributed by atoms with Crippen LogP contribution in [0.4, 0.5) is 4.39 Å². The Labute approximate surface area is 179 Å². The van der Waals surface area contributed by atoms with Crippen molar-refractivity contribution in [1.29, 1.82) is 0 Å². The molecule has 0 saturated heterocycles. The predicted molar refractivity (Wildman–Crippen MR) is 116 cm³/mol. The molecule has 3 nitrogen and oxygen atoms in total. The highest BCUT2D eigenvalue weighted by atomic mass is 35.5. The van der Waals surface area contributed by atoms with E-state index in [0.717, 1.165) is 18.7 Å². The maximum Gasteiger partial charge on any atom is 0.161 e. The summed E-state index contributed by atoms with van der Waals surface area (Å²) in [7, 11) is 1.60. The van der Waals surface area contributed by atoms with Gasteiger partial charge in [-0.2, -0.15) is 0 Å². The minimum absolute atomic E-state index is 0. The first-order valence-electron chi connectivity index (χ1n) is 9.59. The lowest BCUT2D eigenvalue weighted by Gasteiger charge is -2.13. The third-order valence-corrected chi connectivity index (χ3v) is 4.80. The monoisotopic (exact) mass is 429 g/mol. The van der Waals surface area contributed by atoms with Crippen LogP contribution < -0.4 is 14.8 Å². The third kappa shape index (κ3) is 7.86. The molecule has 28 heavy (non-hydrogen) atoms. The lowest BCUT2D eigenvalue weighted by molar-refractivity contribution is 0.279. The fourth-order valence-electron chi connectivity index (χ4n) is 2.85. The number of nitrogens with one attached hydrogen (secondary N) is 1. The van der Waals surface area contributed by atoms with Crippen molar-refractivity contribution in [2.75, 3.05) is 13.7 Å². The lowest BCUT2D eigenvalue weighted by Crippen LogP contribution is -2.14. The largest absolute Gasteiger partial charge is 0.493 e. The first kappa shape index (κ1) is 24.5. The van der Waals surface area contributed by atoms with E-state index >= 15 is 0 Å². The van der Waals surface area contributed by atoms with E-state index in [4.69, 9.17) is 21.1 Å². The molecule has 0 aliphatic carbocycles. The van der Waals surface area contributed by atoms with Gasteiger partial charge in [-0.25, -0.2) is 4.39 Å². The molecular weight excluding hydrogens is 400 g/mol. The SMILES string of the molecule is CCCCCCCNCc1ccc(OCc2c(F)cccc2Cl)c(OC)c1.Cl. The van der Waals surface area contributed by atoms with Crippen LogP contribution in [0.3, 0.4) is 0 Å². The molecule has 0 amide bonds. The maximum absolute atomic E-state index is 13.9. The van der Waals surface area contributed by atoms with Crippen LogP contribution in [0.5, 0.6) is 11.5 Å². The third-order valence-electron chi connectivity index (χ3n) is 4.45. The van der Waals surface area contributed by atoms with Gasteiger partial charge in [-0.15, -0.1) is 12.4 Å². The Hall–Kier alpha value is -1.49. The molecule has 2 rings (SSSR count). The van der Waals surface area contributed by atoms with Gasteiger partial charge in [0.2, 0.25) is 0 Å². The number of hydrogen-bond donors (Lipinski definition) is 1. The second-order valence-electron chi connectivity index (χ2n) is 6.57. The van der Waals surface area contributed by atoms with Crippen LogP contribution in [0.25, 0.3) is 0 Å². The first-order valence-corrected chi connectivity index (χ1v) is 9.96. The fourth-order valence-corrected chi connectivity index (χ4v) is 3.07. The van der Waals surface area contributed by atoms with Crippen LogP contribution in [0, 0.1) is 5.82 Å². The van der Waals surface area contributed by atoms with Crippen LogP contribution in [0.2, 0.25) is 5.02 Å². The summed E-state index contributed by atoms with van der Waals surface area (Å²) in [6.07, 6.45) is 6.36. The van der Waals surface area contributed by atoms with Crippen molar-refractivity contribution in [3.63, 3.8) is 0 Å². The fraction of sp³-hybridized carbons (Fsp3) is 0.455. The number of unbranched alkanes of at least 4 members (excludes halogenated alkanes) is 4. The number of hydrogen-bond acceptors (Lipinski definition) is 3. The van der Waals surface area contributed by atoms with E-state index in [-0.39, 0.29) is 24.8 Å². The summed E-state index contributed by atoms with van der Waals surface area (Å²) in [6.45, 7) is 4.07. The summed E-state index contributed by atoms with van der Waals surface area (Å²) >= 11 is 6.05. The standard InChI is InChI=1S/C22H29ClFNO2.ClH/c1-3-4-5-6-7-13-25-15-17-11-12-21(22(14-17)26-2)27-16-18-19(23)9-8-10-20(18)24;/h8-12,14,25H,3-7,13,15-16H2,1-2H3;1H. The lowest BCUT2D eigenvalue weighted by atomic mass is 10.1. The van der Waals surface area contributed by atoms with Gasteiger partial charge in [0.25, 0.3) is 0 Å². The molecule has 1 N–H and O–H groups in total. The van der Waals surface area contributed by atoms with E-state index in [1.807, 2.05) is 18.2 Å². The molecule has 0 aromatic heterocycles. The summed E-state index contributed by atoms with van der Waals surface area (Å²) in [5.41, 5.74) is 1.46. The van der Waals surface area contributed by atoms with Crippen LogP contribution in [-0.2, 0) is 13.2 Å². The number of halogens is 3. The van der Waals surface area contributed by atoms with Crippen LogP contribution >= 0.6 is 24.0 Å². The Morgan fingerprint density at radius 2 is 1.82 bits per heavy atom. The van der Waals surface area contributed by atoms with Gasteiger partial charge in [-0.3, -0.25) is 0 Å². The van der Waals surface area contributed by atoms with E-state index in [1.165, 1.54) is 38.2 Å². The molecule has 0 unspecified atom stereocenters. The molecule has 2 aromatic rings. The Morgan fingerprint density at radius 1 is 1.04 bits per heavy atom. The van der Waals surface area contributed by atoms with Gasteiger partial charge >= 0.3 is 0 Å². The maximum atomic E-state index is 13.9. The molecule has 0 fully saturated rings. The molecule has 6 heteroatoms. The summed E-state index contributed by atoms with van der Waals surface area (Å²) in [6, 6.07) is 10.4. The molecule has 0 aliphatic rings. The molecular formula is C22H30Cl2FNO2. The molecule has 0 saturated carbocycles. The van der Waals surface area contributed by atoms with Gasteiger partial charge in [0.15, 0.2) is 11.5 Å². The van der Waals surface area contributed by atoms with Gasteiger partial charge in [-0.1, -0.05) is 56.3 Å². The van der Waals surface area contributed by atoms with E-state index in [2.05, 4.69) is 12.2 Å². The molecule has 0 bridgehead atoms. The van der Waals surface area contributed by atoms with Crippen molar-refractivity contribution in [2.24, 2.45) is 0 Å². The zero-order chi connectivity index (χ0) is 19.5. The smallest absolute Gasteiger partial charge is 0.161 e. The molecule has 156 valence electrons. The van der Waals surface area contributed by atoms with Gasteiger partial charge in [0.05, 0.1) is 12.1 Å². The minimum Gasteiger partial charge on any atom is -0.493 e. The Morgan fingerprint density at radius 3 is 2.54 bits per heavy atom. The Kier molecular flexibility index (Phi) is 12.0. The van der Waals surface area contributed by atoms with Crippen molar-refractivity contribution in [2.45, 2.75) is 52.2 Å². The van der Waals surface area contributed by atoms with Gasteiger partial charge in [0.1, 0.15) is 12.4 Å². The molecule has 0 heterocycles. The summed E-state index contributed by atoms with van der Waals surface area (Å²) in [5.74, 6) is 0.825. The molecule has 0 atom stereocenters. The van der Waals surface area contributed by atoms with Crippen LogP contribution in [-0.4, -0.2) is 13.7 Å². The topological polar surface area (TPSA) is 30.5 Å². The highest BCUT2D eigenvalue weighted by molar-refractivity contribution is 6.31. The van der Waals surface area contributed by atoms with Crippen molar-refractivity contribution >= 4 is 24.0 Å². The van der Waals surface area contributed by atoms with Crippen LogP contribution in [0.1, 0.15) is 50.2 Å². The highest BCUT2D eigenvalue weighted by Crippen LogP contribution is 2.30. The Balaban J connectivity index is 0.00000392. The Bertz CT molecular complexity index is 693. The first-order chi connectivity index (χ1) is 13.2. The number of rotatable bonds is 12. The predicted octanol–water partition coefficient (Wildman–Crippen LogP) is 6.55. The second-order valence-corrected chi connectivity index (χ2v) is 6.97.